The van der Waals surface area contributed by atoms with Crippen molar-refractivity contribution in [3.63, 3.8) is 0 Å². The molecule has 2 unspecified atom stereocenters. The summed E-state index contributed by atoms with van der Waals surface area (Å²) in [6.45, 7) is 0. The first-order valence-electron chi connectivity index (χ1n) is 6.86. The molecular formula is C17H16N2O2. The molecule has 0 saturated carbocycles. The Hall–Kier alpha value is -2.54. The summed E-state index contributed by atoms with van der Waals surface area (Å²) in [6, 6.07) is 11.1. The van der Waals surface area contributed by atoms with Crippen molar-refractivity contribution in [1.29, 1.82) is 5.26 Å². The lowest BCUT2D eigenvalue weighted by molar-refractivity contribution is -0.126. The van der Waals surface area contributed by atoms with Gasteiger partial charge in [0.1, 0.15) is 11.6 Å². The van der Waals surface area contributed by atoms with E-state index in [2.05, 4.69) is 11.1 Å². The van der Waals surface area contributed by atoms with E-state index < -0.39 is 0 Å². The smallest absolute Gasteiger partial charge is 0.144 e. The average Bonchev–Trinajstić information content (AvgIpc) is 2.48. The summed E-state index contributed by atoms with van der Waals surface area (Å²) in [5.74, 6) is -0.646. The topological polar surface area (TPSA) is 70.3 Å². The number of rotatable bonds is 6. The van der Waals surface area contributed by atoms with Crippen LogP contribution in [0.3, 0.4) is 0 Å². The Morgan fingerprint density at radius 1 is 1.19 bits per heavy atom. The third kappa shape index (κ3) is 4.50. The molecule has 0 aromatic heterocycles. The van der Waals surface area contributed by atoms with Gasteiger partial charge in [-0.25, -0.2) is 0 Å². The van der Waals surface area contributed by atoms with Gasteiger partial charge in [0.25, 0.3) is 0 Å². The summed E-state index contributed by atoms with van der Waals surface area (Å²) in [6.07, 6.45) is 5.34. The molecule has 0 aliphatic carbocycles. The maximum atomic E-state index is 11.9. The van der Waals surface area contributed by atoms with E-state index in [-0.39, 0.29) is 42.8 Å². The number of aliphatic imine (C=N–C) groups is 1. The van der Waals surface area contributed by atoms with Crippen molar-refractivity contribution < 1.29 is 9.59 Å². The molecule has 0 N–H and O–H groups in total. The van der Waals surface area contributed by atoms with E-state index in [9.17, 15) is 9.59 Å². The van der Waals surface area contributed by atoms with Gasteiger partial charge in [0.15, 0.2) is 0 Å². The van der Waals surface area contributed by atoms with Crippen molar-refractivity contribution in [3.05, 3.63) is 48.0 Å². The van der Waals surface area contributed by atoms with E-state index >= 15 is 0 Å². The molecule has 1 aromatic carbocycles. The molecule has 4 nitrogen and oxygen atoms in total. The zero-order chi connectivity index (χ0) is 15.1. The molecule has 2 rings (SSSR count). The first kappa shape index (κ1) is 14.9. The fourth-order valence-electron chi connectivity index (χ4n) is 2.27. The molecule has 1 aliphatic heterocycles. The highest BCUT2D eigenvalue weighted by Gasteiger charge is 2.23. The van der Waals surface area contributed by atoms with Crippen LogP contribution < -0.4 is 0 Å². The lowest BCUT2D eigenvalue weighted by atomic mass is 9.93. The molecule has 0 fully saturated rings. The lowest BCUT2D eigenvalue weighted by Crippen LogP contribution is -2.23. The van der Waals surface area contributed by atoms with Gasteiger partial charge < -0.3 is 0 Å². The van der Waals surface area contributed by atoms with Crippen molar-refractivity contribution in [3.8, 4) is 6.07 Å². The standard InChI is InChI=1S/C17H16N2O2/c18-12-14-7-4-8-19-17(14)11-16(21)10-15(20)9-13-5-2-1-3-6-13/h1-8,14,17H,9-11H2. The monoisotopic (exact) mass is 280 g/mol. The van der Waals surface area contributed by atoms with E-state index in [4.69, 9.17) is 5.26 Å². The maximum absolute atomic E-state index is 11.9. The highest BCUT2D eigenvalue weighted by Crippen LogP contribution is 2.17. The second-order valence-corrected chi connectivity index (χ2v) is 5.03. The molecule has 0 bridgehead atoms. The van der Waals surface area contributed by atoms with E-state index in [1.807, 2.05) is 30.3 Å². The highest BCUT2D eigenvalue weighted by molar-refractivity contribution is 6.00. The molecule has 106 valence electrons. The number of hydrogen-bond acceptors (Lipinski definition) is 4. The van der Waals surface area contributed by atoms with Crippen molar-refractivity contribution in [2.75, 3.05) is 0 Å². The average molecular weight is 280 g/mol. The molecule has 2 atom stereocenters. The molecule has 1 heterocycles. The van der Waals surface area contributed by atoms with Crippen LogP contribution in [0.25, 0.3) is 0 Å². The largest absolute Gasteiger partial charge is 0.299 e. The quantitative estimate of drug-likeness (QED) is 0.751. The summed E-state index contributed by atoms with van der Waals surface area (Å²) in [5, 5.41) is 9.00. The van der Waals surface area contributed by atoms with Crippen molar-refractivity contribution in [1.82, 2.24) is 0 Å². The number of carbonyl (C=O) groups is 2. The van der Waals surface area contributed by atoms with Gasteiger partial charge >= 0.3 is 0 Å². The molecule has 0 amide bonds. The molecule has 0 spiro atoms. The third-order valence-electron chi connectivity index (χ3n) is 3.32. The fourth-order valence-corrected chi connectivity index (χ4v) is 2.27. The lowest BCUT2D eigenvalue weighted by Gasteiger charge is -2.16. The predicted molar refractivity (Wildman–Crippen MR) is 79.9 cm³/mol. The normalized spacial score (nSPS) is 20.0. The Kier molecular flexibility index (Phi) is 5.16. The second kappa shape index (κ2) is 7.30. The number of carbonyl (C=O) groups excluding carboxylic acids is 2. The number of hydrogen-bond donors (Lipinski definition) is 0. The minimum Gasteiger partial charge on any atom is -0.299 e. The Morgan fingerprint density at radius 2 is 1.95 bits per heavy atom. The van der Waals surface area contributed by atoms with Crippen LogP contribution in [0.4, 0.5) is 0 Å². The Labute approximate surface area is 123 Å². The number of allylic oxidation sites excluding steroid dienone is 1. The molecule has 4 heteroatoms. The van der Waals surface area contributed by atoms with Gasteiger partial charge in [-0.3, -0.25) is 14.6 Å². The molecule has 0 saturated heterocycles. The van der Waals surface area contributed by atoms with Gasteiger partial charge in [-0.15, -0.1) is 0 Å². The second-order valence-electron chi connectivity index (χ2n) is 5.03. The fraction of sp³-hybridized carbons (Fsp3) is 0.294. The minimum absolute atomic E-state index is 0.0945. The van der Waals surface area contributed by atoms with Gasteiger partial charge in [0, 0.05) is 19.1 Å². The first-order valence-corrected chi connectivity index (χ1v) is 6.86. The van der Waals surface area contributed by atoms with E-state index in [1.54, 1.807) is 18.4 Å². The molecule has 1 aromatic rings. The zero-order valence-electron chi connectivity index (χ0n) is 11.6. The van der Waals surface area contributed by atoms with Crippen LogP contribution in [0.5, 0.6) is 0 Å². The molecule has 21 heavy (non-hydrogen) atoms. The predicted octanol–water partition coefficient (Wildman–Crippen LogP) is 2.30. The first-order chi connectivity index (χ1) is 10.2. The highest BCUT2D eigenvalue weighted by atomic mass is 16.1. The number of benzene rings is 1. The minimum atomic E-state index is -0.386. The van der Waals surface area contributed by atoms with Crippen LogP contribution in [-0.2, 0) is 16.0 Å². The van der Waals surface area contributed by atoms with Gasteiger partial charge in [0.2, 0.25) is 0 Å². The van der Waals surface area contributed by atoms with Crippen molar-refractivity contribution in [2.24, 2.45) is 10.9 Å². The van der Waals surface area contributed by atoms with E-state index in [0.29, 0.717) is 0 Å². The van der Waals surface area contributed by atoms with E-state index in [0.717, 1.165) is 5.56 Å². The van der Waals surface area contributed by atoms with Gasteiger partial charge in [-0.05, 0) is 11.6 Å². The van der Waals surface area contributed by atoms with Crippen LogP contribution in [0, 0.1) is 17.2 Å². The summed E-state index contributed by atoms with van der Waals surface area (Å²) in [5.41, 5.74) is 0.906. The summed E-state index contributed by atoms with van der Waals surface area (Å²) < 4.78 is 0. The molecular weight excluding hydrogens is 264 g/mol. The van der Waals surface area contributed by atoms with Crippen molar-refractivity contribution >= 4 is 17.8 Å². The Balaban J connectivity index is 1.84. The number of ketones is 2. The van der Waals surface area contributed by atoms with Crippen LogP contribution in [0.15, 0.2) is 47.5 Å². The van der Waals surface area contributed by atoms with Gasteiger partial charge in [-0.2, -0.15) is 5.26 Å². The molecule has 0 radical (unpaired) electrons. The zero-order valence-corrected chi connectivity index (χ0v) is 11.6. The van der Waals surface area contributed by atoms with Gasteiger partial charge in [0.05, 0.1) is 24.4 Å². The third-order valence-corrected chi connectivity index (χ3v) is 3.32. The van der Waals surface area contributed by atoms with Crippen molar-refractivity contribution in [2.45, 2.75) is 25.3 Å². The Morgan fingerprint density at radius 3 is 2.67 bits per heavy atom. The van der Waals surface area contributed by atoms with Crippen LogP contribution in [0.1, 0.15) is 18.4 Å². The summed E-state index contributed by atoms with van der Waals surface area (Å²) in [4.78, 5) is 28.0. The van der Waals surface area contributed by atoms with Crippen LogP contribution in [0.2, 0.25) is 0 Å². The number of nitriles is 1. The Bertz CT molecular complexity index is 611. The van der Waals surface area contributed by atoms with Crippen LogP contribution in [-0.4, -0.2) is 23.8 Å². The number of nitrogens with zero attached hydrogens (tertiary/aromatic N) is 2. The maximum Gasteiger partial charge on any atom is 0.144 e. The molecule has 1 aliphatic rings. The number of Topliss-reactive ketones (excluding diaryl/α,β-unsaturated/α-hetero) is 2. The van der Waals surface area contributed by atoms with E-state index in [1.165, 1.54) is 0 Å². The SMILES string of the molecule is N#CC1C=CC=NC1CC(=O)CC(=O)Cc1ccccc1. The van der Waals surface area contributed by atoms with Crippen LogP contribution >= 0.6 is 0 Å². The summed E-state index contributed by atoms with van der Waals surface area (Å²) >= 11 is 0. The van der Waals surface area contributed by atoms with Gasteiger partial charge in [-0.1, -0.05) is 36.4 Å². The summed E-state index contributed by atoms with van der Waals surface area (Å²) in [7, 11) is 0. The number of dihydropyridines is 1.